The molecule has 0 saturated carbocycles. The minimum atomic E-state index is -4.39. The van der Waals surface area contributed by atoms with Crippen molar-refractivity contribution in [2.24, 2.45) is 0 Å². The van der Waals surface area contributed by atoms with Gasteiger partial charge in [0.25, 0.3) is 0 Å². The molecular weight excluding hydrogens is 455 g/mol. The van der Waals surface area contributed by atoms with Crippen molar-refractivity contribution in [3.8, 4) is 0 Å². The van der Waals surface area contributed by atoms with Gasteiger partial charge in [0.2, 0.25) is 11.8 Å². The van der Waals surface area contributed by atoms with Gasteiger partial charge in [0.1, 0.15) is 0 Å². The number of nitrogens with zero attached hydrogens (tertiary/aromatic N) is 3. The largest absolute Gasteiger partial charge is 0.416 e. The van der Waals surface area contributed by atoms with Gasteiger partial charge < -0.3 is 14.4 Å². The van der Waals surface area contributed by atoms with Crippen LogP contribution in [0.4, 0.5) is 13.2 Å². The number of halogens is 3. The van der Waals surface area contributed by atoms with Gasteiger partial charge in [-0.25, -0.2) is 0 Å². The fraction of sp³-hybridized carbons (Fsp3) is 0.556. The molecular formula is C27H38F3N3O2. The summed E-state index contributed by atoms with van der Waals surface area (Å²) in [5, 5.41) is 0. The molecule has 8 heteroatoms. The first kappa shape index (κ1) is 28.5. The predicted octanol–water partition coefficient (Wildman–Crippen LogP) is 6.11. The standard InChI is InChI=1S/C27H38F3N3O2/c1-4-7-9-16-33(26(35)21-31(6-3)25(34)15-8-5-2)20-24-14-11-17-32(24)19-22-12-10-13-23(18-22)27(28,29)30/h10-14,17-18H,4-9,15-16,19-21H2,1-3H3. The first-order valence-corrected chi connectivity index (χ1v) is 12.5. The van der Waals surface area contributed by atoms with Gasteiger partial charge in [-0.05, 0) is 49.6 Å². The van der Waals surface area contributed by atoms with Crippen molar-refractivity contribution in [1.82, 2.24) is 14.4 Å². The molecule has 5 nitrogen and oxygen atoms in total. The van der Waals surface area contributed by atoms with Crippen LogP contribution in [0.3, 0.4) is 0 Å². The molecule has 0 saturated heterocycles. The Hall–Kier alpha value is -2.77. The molecule has 0 aliphatic rings. The number of unbranched alkanes of at least 4 members (excludes halogenated alkanes) is 3. The maximum atomic E-state index is 13.2. The van der Waals surface area contributed by atoms with E-state index in [1.54, 1.807) is 15.9 Å². The number of alkyl halides is 3. The Morgan fingerprint density at radius 3 is 2.31 bits per heavy atom. The molecule has 1 aromatic heterocycles. The summed E-state index contributed by atoms with van der Waals surface area (Å²) in [6.07, 6.45) is 2.44. The minimum absolute atomic E-state index is 0.0101. The molecule has 194 valence electrons. The van der Waals surface area contributed by atoms with Gasteiger partial charge in [-0.2, -0.15) is 13.2 Å². The van der Waals surface area contributed by atoms with Gasteiger partial charge in [0.05, 0.1) is 18.7 Å². The first-order valence-electron chi connectivity index (χ1n) is 12.5. The lowest BCUT2D eigenvalue weighted by molar-refractivity contribution is -0.140. The fourth-order valence-electron chi connectivity index (χ4n) is 3.96. The Kier molecular flexibility index (Phi) is 11.3. The summed E-state index contributed by atoms with van der Waals surface area (Å²) in [4.78, 5) is 29.1. The van der Waals surface area contributed by atoms with Crippen molar-refractivity contribution in [2.45, 2.75) is 78.6 Å². The van der Waals surface area contributed by atoms with Crippen LogP contribution in [0.1, 0.15) is 76.1 Å². The number of rotatable bonds is 14. The molecule has 0 N–H and O–H groups in total. The zero-order valence-electron chi connectivity index (χ0n) is 21.1. The maximum absolute atomic E-state index is 13.2. The Morgan fingerprint density at radius 2 is 1.66 bits per heavy atom. The normalized spacial score (nSPS) is 11.5. The molecule has 2 aromatic rings. The van der Waals surface area contributed by atoms with E-state index in [1.165, 1.54) is 6.07 Å². The van der Waals surface area contributed by atoms with Crippen LogP contribution in [-0.2, 0) is 28.9 Å². The van der Waals surface area contributed by atoms with Gasteiger partial charge in [-0.15, -0.1) is 0 Å². The third-order valence-electron chi connectivity index (χ3n) is 6.07. The average Bonchev–Trinajstić information content (AvgIpc) is 3.26. The van der Waals surface area contributed by atoms with Gasteiger partial charge in [-0.1, -0.05) is 45.2 Å². The van der Waals surface area contributed by atoms with E-state index in [0.717, 1.165) is 49.9 Å². The number of carbonyl (C=O) groups excluding carboxylic acids is 2. The SMILES string of the molecule is CCCCCN(Cc1cccn1Cc1cccc(C(F)(F)F)c1)C(=O)CN(CC)C(=O)CCCC. The van der Waals surface area contributed by atoms with Gasteiger partial charge in [0, 0.05) is 37.9 Å². The van der Waals surface area contributed by atoms with E-state index in [-0.39, 0.29) is 24.9 Å². The molecule has 0 unspecified atom stereocenters. The second kappa shape index (κ2) is 14.0. The summed E-state index contributed by atoms with van der Waals surface area (Å²) in [6, 6.07) is 9.04. The molecule has 2 amide bonds. The van der Waals surface area contributed by atoms with Crippen molar-refractivity contribution in [1.29, 1.82) is 0 Å². The van der Waals surface area contributed by atoms with Crippen molar-refractivity contribution in [3.05, 3.63) is 59.4 Å². The number of benzene rings is 1. The van der Waals surface area contributed by atoms with Crippen LogP contribution in [0.25, 0.3) is 0 Å². The Bertz CT molecular complexity index is 940. The molecule has 2 rings (SSSR count). The van der Waals surface area contributed by atoms with E-state index in [4.69, 9.17) is 0 Å². The van der Waals surface area contributed by atoms with E-state index < -0.39 is 11.7 Å². The van der Waals surface area contributed by atoms with Gasteiger partial charge in [-0.3, -0.25) is 9.59 Å². The van der Waals surface area contributed by atoms with E-state index in [1.807, 2.05) is 36.7 Å². The van der Waals surface area contributed by atoms with Crippen molar-refractivity contribution in [2.75, 3.05) is 19.6 Å². The molecule has 1 aromatic carbocycles. The molecule has 0 atom stereocenters. The number of amides is 2. The highest BCUT2D eigenvalue weighted by Crippen LogP contribution is 2.29. The Balaban J connectivity index is 2.16. The van der Waals surface area contributed by atoms with Crippen LogP contribution < -0.4 is 0 Å². The lowest BCUT2D eigenvalue weighted by Crippen LogP contribution is -2.43. The minimum Gasteiger partial charge on any atom is -0.345 e. The van der Waals surface area contributed by atoms with Crippen LogP contribution >= 0.6 is 0 Å². The quantitative estimate of drug-likeness (QED) is 0.298. The lowest BCUT2D eigenvalue weighted by atomic mass is 10.1. The summed E-state index contributed by atoms with van der Waals surface area (Å²) in [6.45, 7) is 7.70. The second-order valence-electron chi connectivity index (χ2n) is 8.86. The van der Waals surface area contributed by atoms with E-state index in [0.29, 0.717) is 31.6 Å². The molecule has 35 heavy (non-hydrogen) atoms. The zero-order chi connectivity index (χ0) is 25.8. The summed E-state index contributed by atoms with van der Waals surface area (Å²) in [5.41, 5.74) is 0.708. The highest BCUT2D eigenvalue weighted by atomic mass is 19.4. The fourth-order valence-corrected chi connectivity index (χ4v) is 3.96. The number of hydrogen-bond donors (Lipinski definition) is 0. The van der Waals surface area contributed by atoms with Crippen LogP contribution in [0, 0.1) is 0 Å². The van der Waals surface area contributed by atoms with E-state index in [2.05, 4.69) is 6.92 Å². The summed E-state index contributed by atoms with van der Waals surface area (Å²) >= 11 is 0. The monoisotopic (exact) mass is 493 g/mol. The molecule has 0 radical (unpaired) electrons. The Morgan fingerprint density at radius 1 is 0.914 bits per heavy atom. The molecule has 0 fully saturated rings. The van der Waals surface area contributed by atoms with Crippen molar-refractivity contribution in [3.63, 3.8) is 0 Å². The van der Waals surface area contributed by atoms with Crippen LogP contribution in [-0.4, -0.2) is 45.8 Å². The van der Waals surface area contributed by atoms with E-state index >= 15 is 0 Å². The lowest BCUT2D eigenvalue weighted by Gasteiger charge is -2.28. The highest BCUT2D eigenvalue weighted by molar-refractivity contribution is 5.84. The second-order valence-corrected chi connectivity index (χ2v) is 8.86. The van der Waals surface area contributed by atoms with Gasteiger partial charge in [0.15, 0.2) is 0 Å². The number of aromatic nitrogens is 1. The molecule has 0 aliphatic heterocycles. The van der Waals surface area contributed by atoms with Gasteiger partial charge >= 0.3 is 6.18 Å². The summed E-state index contributed by atoms with van der Waals surface area (Å²) in [7, 11) is 0. The average molecular weight is 494 g/mol. The van der Waals surface area contributed by atoms with Crippen LogP contribution in [0.2, 0.25) is 0 Å². The molecule has 0 spiro atoms. The molecule has 0 bridgehead atoms. The number of hydrogen-bond acceptors (Lipinski definition) is 2. The number of carbonyl (C=O) groups is 2. The third kappa shape index (κ3) is 9.07. The third-order valence-corrected chi connectivity index (χ3v) is 6.07. The highest BCUT2D eigenvalue weighted by Gasteiger charge is 2.30. The molecule has 0 aliphatic carbocycles. The zero-order valence-corrected chi connectivity index (χ0v) is 21.1. The van der Waals surface area contributed by atoms with Crippen LogP contribution in [0.15, 0.2) is 42.6 Å². The predicted molar refractivity (Wildman–Crippen MR) is 132 cm³/mol. The van der Waals surface area contributed by atoms with Crippen LogP contribution in [0.5, 0.6) is 0 Å². The Labute approximate surface area is 206 Å². The van der Waals surface area contributed by atoms with Crippen molar-refractivity contribution >= 4 is 11.8 Å². The summed E-state index contributed by atoms with van der Waals surface area (Å²) < 4.78 is 41.2. The number of likely N-dealkylation sites (N-methyl/N-ethyl adjacent to an activating group) is 1. The molecule has 1 heterocycles. The maximum Gasteiger partial charge on any atom is 0.416 e. The first-order chi connectivity index (χ1) is 16.7. The smallest absolute Gasteiger partial charge is 0.345 e. The van der Waals surface area contributed by atoms with E-state index in [9.17, 15) is 22.8 Å². The van der Waals surface area contributed by atoms with Crippen molar-refractivity contribution < 1.29 is 22.8 Å². The topological polar surface area (TPSA) is 45.6 Å². The summed E-state index contributed by atoms with van der Waals surface area (Å²) in [5.74, 6) is -0.122.